The van der Waals surface area contributed by atoms with Crippen LogP contribution in [0.5, 0.6) is 0 Å². The van der Waals surface area contributed by atoms with Crippen LogP contribution in [0, 0.1) is 0 Å². The van der Waals surface area contributed by atoms with Gasteiger partial charge in [-0.05, 0) is 13.8 Å². The summed E-state index contributed by atoms with van der Waals surface area (Å²) in [6.07, 6.45) is 0. The monoisotopic (exact) mass is 188 g/mol. The molecule has 11 heavy (non-hydrogen) atoms. The van der Waals surface area contributed by atoms with Crippen molar-refractivity contribution in [2.75, 3.05) is 6.61 Å². The van der Waals surface area contributed by atoms with Gasteiger partial charge in [0, 0.05) is 0 Å². The number of carbonyl (C=O) groups excluding carboxylic acids is 2. The second-order valence-electron chi connectivity index (χ2n) is 1.73. The predicted molar refractivity (Wildman–Crippen MR) is 44.1 cm³/mol. The van der Waals surface area contributed by atoms with E-state index in [0.29, 0.717) is 0 Å². The van der Waals surface area contributed by atoms with E-state index in [0.717, 1.165) is 0 Å². The van der Waals surface area contributed by atoms with Crippen molar-refractivity contribution in [3.05, 3.63) is 0 Å². The van der Waals surface area contributed by atoms with Gasteiger partial charge >= 0.3 is 35.5 Å². The number of alkyl halides is 1. The van der Waals surface area contributed by atoms with Gasteiger partial charge in [-0.25, -0.2) is 4.79 Å². The van der Waals surface area contributed by atoms with Gasteiger partial charge in [-0.15, -0.1) is 11.6 Å². The number of esters is 1. The Kier molecular flexibility index (Phi) is 9.02. The minimum absolute atomic E-state index is 0. The topological polar surface area (TPSA) is 43.4 Å². The summed E-state index contributed by atoms with van der Waals surface area (Å²) < 4.78 is 4.47. The van der Waals surface area contributed by atoms with Crippen molar-refractivity contribution in [3.8, 4) is 0 Å². The van der Waals surface area contributed by atoms with Crippen LogP contribution in [-0.2, 0) is 14.3 Å². The molecule has 0 spiro atoms. The molecule has 0 amide bonds. The molecule has 0 aromatic heterocycles. The molecular weight excluding hydrogens is 179 g/mol. The van der Waals surface area contributed by atoms with Crippen LogP contribution in [0.25, 0.3) is 0 Å². The number of ether oxygens (including phenoxy) is 1. The molecule has 0 radical (unpaired) electrons. The van der Waals surface area contributed by atoms with Crippen molar-refractivity contribution in [1.82, 2.24) is 0 Å². The normalized spacial score (nSPS) is 11.2. The first kappa shape index (κ1) is 14.0. The molecule has 5 heteroatoms. The van der Waals surface area contributed by atoms with Crippen molar-refractivity contribution in [1.29, 1.82) is 0 Å². The van der Waals surface area contributed by atoms with Gasteiger partial charge in [0.1, 0.15) is 0 Å². The number of carbonyl (C=O) groups is 2. The van der Waals surface area contributed by atoms with E-state index in [1.54, 1.807) is 6.92 Å². The summed E-state index contributed by atoms with van der Waals surface area (Å²) in [6, 6.07) is 0. The van der Waals surface area contributed by atoms with E-state index in [1.165, 1.54) is 6.92 Å². The Morgan fingerprint density at radius 1 is 1.55 bits per heavy atom. The van der Waals surface area contributed by atoms with Gasteiger partial charge in [0.05, 0.1) is 6.61 Å². The molecule has 0 aliphatic carbocycles. The van der Waals surface area contributed by atoms with E-state index in [-0.39, 0.29) is 41.9 Å². The Morgan fingerprint density at radius 3 is 2.27 bits per heavy atom. The van der Waals surface area contributed by atoms with E-state index in [1.807, 2.05) is 0 Å². The van der Waals surface area contributed by atoms with Gasteiger partial charge in [-0.2, -0.15) is 0 Å². The molecule has 3 nitrogen and oxygen atoms in total. The Labute approximate surface area is 92.7 Å². The Balaban J connectivity index is 0. The van der Waals surface area contributed by atoms with E-state index in [9.17, 15) is 9.59 Å². The fourth-order valence-corrected chi connectivity index (χ4v) is 0.444. The number of Topliss-reactive ketones (excluding diaryl/α,β-unsaturated/α-hetero) is 1. The maximum absolute atomic E-state index is 10.6. The number of ketones is 1. The summed E-state index contributed by atoms with van der Waals surface area (Å²) in [5, 5.41) is -1.14. The first-order valence-corrected chi connectivity index (χ1v) is 3.34. The maximum atomic E-state index is 10.6. The van der Waals surface area contributed by atoms with Crippen molar-refractivity contribution in [2.24, 2.45) is 0 Å². The first-order valence-electron chi connectivity index (χ1n) is 2.90. The fraction of sp³-hybridized carbons (Fsp3) is 0.667. The third kappa shape index (κ3) is 5.67. The van der Waals surface area contributed by atoms with Crippen molar-refractivity contribution >= 4 is 52.9 Å². The quantitative estimate of drug-likeness (QED) is 0.273. The van der Waals surface area contributed by atoms with Gasteiger partial charge in [-0.3, -0.25) is 4.79 Å². The van der Waals surface area contributed by atoms with Crippen LogP contribution in [0.4, 0.5) is 0 Å². The Bertz CT molecular complexity index is 149. The molecule has 0 bridgehead atoms. The average Bonchev–Trinajstić information content (AvgIpc) is 1.87. The molecule has 1 atom stereocenters. The molecule has 0 aliphatic heterocycles. The van der Waals surface area contributed by atoms with E-state index in [2.05, 4.69) is 4.74 Å². The SMILES string of the molecule is CCOC(=O)C(Cl)C(C)=O.[NaH]. The summed E-state index contributed by atoms with van der Waals surface area (Å²) in [5.74, 6) is -1.06. The van der Waals surface area contributed by atoms with E-state index >= 15 is 0 Å². The second-order valence-corrected chi connectivity index (χ2v) is 2.16. The van der Waals surface area contributed by atoms with Gasteiger partial charge in [-0.1, -0.05) is 0 Å². The molecule has 0 aliphatic rings. The average molecular weight is 189 g/mol. The molecule has 0 aromatic carbocycles. The zero-order valence-corrected chi connectivity index (χ0v) is 6.64. The summed E-state index contributed by atoms with van der Waals surface area (Å²) in [4.78, 5) is 21.0. The molecule has 0 fully saturated rings. The number of rotatable bonds is 3. The minimum atomic E-state index is -1.14. The molecule has 1 unspecified atom stereocenters. The molecular formula is C6H10ClNaO3. The molecule has 0 saturated carbocycles. The number of halogens is 1. The van der Waals surface area contributed by atoms with Crippen molar-refractivity contribution in [2.45, 2.75) is 19.2 Å². The zero-order valence-electron chi connectivity index (χ0n) is 5.89. The molecule has 0 N–H and O–H groups in total. The first-order chi connectivity index (χ1) is 4.59. The summed E-state index contributed by atoms with van der Waals surface area (Å²) in [7, 11) is 0. The van der Waals surface area contributed by atoms with Crippen LogP contribution in [0.1, 0.15) is 13.8 Å². The molecule has 60 valence electrons. The third-order valence-corrected chi connectivity index (χ3v) is 1.34. The van der Waals surface area contributed by atoms with Crippen LogP contribution >= 0.6 is 11.6 Å². The summed E-state index contributed by atoms with van der Waals surface area (Å²) >= 11 is 5.32. The second kappa shape index (κ2) is 7.10. The molecule has 0 aromatic rings. The van der Waals surface area contributed by atoms with Crippen LogP contribution < -0.4 is 0 Å². The van der Waals surface area contributed by atoms with E-state index < -0.39 is 11.3 Å². The molecule has 0 saturated heterocycles. The predicted octanol–water partition coefficient (Wildman–Crippen LogP) is 0.0974. The fourth-order valence-electron chi connectivity index (χ4n) is 0.381. The van der Waals surface area contributed by atoms with Crippen molar-refractivity contribution in [3.63, 3.8) is 0 Å². The van der Waals surface area contributed by atoms with Crippen LogP contribution in [0.15, 0.2) is 0 Å². The standard InChI is InChI=1S/C6H9ClO3.Na.H/c1-3-10-6(9)5(7)4(2)8;;/h5H,3H2,1-2H3;;. The van der Waals surface area contributed by atoms with Crippen LogP contribution in [-0.4, -0.2) is 53.3 Å². The van der Waals surface area contributed by atoms with E-state index in [4.69, 9.17) is 11.6 Å². The Hall–Kier alpha value is 0.430. The number of hydrogen-bond acceptors (Lipinski definition) is 3. The Morgan fingerprint density at radius 2 is 2.00 bits per heavy atom. The zero-order chi connectivity index (χ0) is 8.15. The van der Waals surface area contributed by atoms with Crippen LogP contribution in [0.2, 0.25) is 0 Å². The van der Waals surface area contributed by atoms with Crippen molar-refractivity contribution < 1.29 is 14.3 Å². The molecule has 0 heterocycles. The van der Waals surface area contributed by atoms with Gasteiger partial charge in [0.2, 0.25) is 0 Å². The third-order valence-electron chi connectivity index (χ3n) is 0.850. The van der Waals surface area contributed by atoms with Gasteiger partial charge in [0.25, 0.3) is 0 Å². The molecule has 0 rings (SSSR count). The summed E-state index contributed by atoms with van der Waals surface area (Å²) in [6.45, 7) is 3.14. The summed E-state index contributed by atoms with van der Waals surface area (Å²) in [5.41, 5.74) is 0. The number of hydrogen-bond donors (Lipinski definition) is 0. The van der Waals surface area contributed by atoms with Gasteiger partial charge < -0.3 is 4.74 Å². The van der Waals surface area contributed by atoms with Crippen LogP contribution in [0.3, 0.4) is 0 Å². The van der Waals surface area contributed by atoms with Gasteiger partial charge in [0.15, 0.2) is 11.2 Å².